The van der Waals surface area contributed by atoms with Gasteiger partial charge in [-0.25, -0.2) is 4.39 Å². The van der Waals surface area contributed by atoms with Crippen molar-refractivity contribution in [3.63, 3.8) is 0 Å². The summed E-state index contributed by atoms with van der Waals surface area (Å²) in [5.41, 5.74) is 1.10. The SMILES string of the molecule is CCOCC(=O)N1CCCN(Cc2ccc(F)cc2)CC1. The summed E-state index contributed by atoms with van der Waals surface area (Å²) in [6.45, 7) is 6.74. The van der Waals surface area contributed by atoms with Gasteiger partial charge < -0.3 is 9.64 Å². The maximum absolute atomic E-state index is 12.9. The van der Waals surface area contributed by atoms with Crippen molar-refractivity contribution in [1.82, 2.24) is 9.80 Å². The molecule has 0 unspecified atom stereocenters. The number of hydrogen-bond acceptors (Lipinski definition) is 3. The van der Waals surface area contributed by atoms with Crippen LogP contribution in [0.2, 0.25) is 0 Å². The van der Waals surface area contributed by atoms with Crippen LogP contribution in [0, 0.1) is 5.82 Å². The molecule has 116 valence electrons. The van der Waals surface area contributed by atoms with E-state index in [2.05, 4.69) is 4.90 Å². The zero-order chi connectivity index (χ0) is 15.1. The Hall–Kier alpha value is -1.46. The summed E-state index contributed by atoms with van der Waals surface area (Å²) in [5.74, 6) is -0.136. The Kier molecular flexibility index (Phi) is 6.14. The lowest BCUT2D eigenvalue weighted by Gasteiger charge is -2.22. The highest BCUT2D eigenvalue weighted by Crippen LogP contribution is 2.10. The fourth-order valence-electron chi connectivity index (χ4n) is 2.51. The van der Waals surface area contributed by atoms with Gasteiger partial charge in [0.2, 0.25) is 5.91 Å². The zero-order valence-electron chi connectivity index (χ0n) is 12.6. The van der Waals surface area contributed by atoms with Crippen molar-refractivity contribution in [1.29, 1.82) is 0 Å². The summed E-state index contributed by atoms with van der Waals surface area (Å²) >= 11 is 0. The summed E-state index contributed by atoms with van der Waals surface area (Å²) < 4.78 is 18.1. The first kappa shape index (κ1) is 15.9. The predicted octanol–water partition coefficient (Wildman–Crippen LogP) is 1.90. The van der Waals surface area contributed by atoms with Gasteiger partial charge in [0.1, 0.15) is 12.4 Å². The number of carbonyl (C=O) groups excluding carboxylic acids is 1. The molecule has 0 N–H and O–H groups in total. The van der Waals surface area contributed by atoms with Crippen molar-refractivity contribution in [3.8, 4) is 0 Å². The fourth-order valence-corrected chi connectivity index (χ4v) is 2.51. The molecule has 1 heterocycles. The van der Waals surface area contributed by atoms with E-state index in [0.29, 0.717) is 6.61 Å². The lowest BCUT2D eigenvalue weighted by molar-refractivity contribution is -0.135. The molecule has 21 heavy (non-hydrogen) atoms. The standard InChI is InChI=1S/C16H23FN2O2/c1-2-21-13-16(20)19-9-3-8-18(10-11-19)12-14-4-6-15(17)7-5-14/h4-7H,2-3,8-13H2,1H3. The van der Waals surface area contributed by atoms with E-state index in [1.54, 1.807) is 0 Å². The lowest BCUT2D eigenvalue weighted by Crippen LogP contribution is -2.37. The van der Waals surface area contributed by atoms with Gasteiger partial charge in [0, 0.05) is 39.3 Å². The molecule has 0 bridgehead atoms. The number of nitrogens with zero attached hydrogens (tertiary/aromatic N) is 2. The molecule has 0 aliphatic carbocycles. The molecule has 1 amide bonds. The van der Waals surface area contributed by atoms with Gasteiger partial charge >= 0.3 is 0 Å². The van der Waals surface area contributed by atoms with Crippen molar-refractivity contribution in [2.45, 2.75) is 19.9 Å². The van der Waals surface area contributed by atoms with E-state index in [0.717, 1.165) is 44.7 Å². The molecule has 0 radical (unpaired) electrons. The minimum Gasteiger partial charge on any atom is -0.372 e. The lowest BCUT2D eigenvalue weighted by atomic mass is 10.2. The second-order valence-corrected chi connectivity index (χ2v) is 5.27. The van der Waals surface area contributed by atoms with Crippen molar-refractivity contribution in [2.75, 3.05) is 39.4 Å². The Labute approximate surface area is 125 Å². The van der Waals surface area contributed by atoms with Gasteiger partial charge in [0.15, 0.2) is 0 Å². The summed E-state index contributed by atoms with van der Waals surface area (Å²) in [7, 11) is 0. The van der Waals surface area contributed by atoms with Gasteiger partial charge in [-0.3, -0.25) is 9.69 Å². The van der Waals surface area contributed by atoms with E-state index in [-0.39, 0.29) is 18.3 Å². The van der Waals surface area contributed by atoms with Crippen LogP contribution < -0.4 is 0 Å². The predicted molar refractivity (Wildman–Crippen MR) is 79.4 cm³/mol. The maximum Gasteiger partial charge on any atom is 0.248 e. The van der Waals surface area contributed by atoms with Gasteiger partial charge in [-0.15, -0.1) is 0 Å². The number of hydrogen-bond donors (Lipinski definition) is 0. The van der Waals surface area contributed by atoms with Crippen LogP contribution in [0.4, 0.5) is 4.39 Å². The molecule has 1 saturated heterocycles. The van der Waals surface area contributed by atoms with Crippen LogP contribution in [0.1, 0.15) is 18.9 Å². The van der Waals surface area contributed by atoms with Crippen LogP contribution in [-0.4, -0.2) is 55.1 Å². The third kappa shape index (κ3) is 5.10. The first-order valence-electron chi connectivity index (χ1n) is 7.51. The van der Waals surface area contributed by atoms with Crippen molar-refractivity contribution in [3.05, 3.63) is 35.6 Å². The number of ether oxygens (including phenoxy) is 1. The molecular formula is C16H23FN2O2. The highest BCUT2D eigenvalue weighted by molar-refractivity contribution is 5.77. The second kappa shape index (κ2) is 8.10. The molecule has 2 rings (SSSR count). The molecule has 1 aromatic carbocycles. The highest BCUT2D eigenvalue weighted by atomic mass is 19.1. The van der Waals surface area contributed by atoms with E-state index >= 15 is 0 Å². The average molecular weight is 294 g/mol. The number of halogens is 1. The molecule has 1 aliphatic heterocycles. The topological polar surface area (TPSA) is 32.8 Å². The van der Waals surface area contributed by atoms with Gasteiger partial charge in [-0.2, -0.15) is 0 Å². The number of benzene rings is 1. The molecule has 0 spiro atoms. The second-order valence-electron chi connectivity index (χ2n) is 5.27. The molecule has 1 fully saturated rings. The Morgan fingerprint density at radius 3 is 2.67 bits per heavy atom. The Morgan fingerprint density at radius 1 is 1.19 bits per heavy atom. The summed E-state index contributed by atoms with van der Waals surface area (Å²) in [4.78, 5) is 16.1. The number of amides is 1. The monoisotopic (exact) mass is 294 g/mol. The molecule has 4 nitrogen and oxygen atoms in total. The van der Waals surface area contributed by atoms with Crippen LogP contribution in [-0.2, 0) is 16.1 Å². The van der Waals surface area contributed by atoms with Crippen molar-refractivity contribution in [2.24, 2.45) is 0 Å². The van der Waals surface area contributed by atoms with E-state index in [4.69, 9.17) is 4.74 Å². The Balaban J connectivity index is 1.83. The van der Waals surface area contributed by atoms with E-state index in [1.165, 1.54) is 12.1 Å². The van der Waals surface area contributed by atoms with Crippen molar-refractivity contribution < 1.29 is 13.9 Å². The van der Waals surface area contributed by atoms with Gasteiger partial charge in [-0.1, -0.05) is 12.1 Å². The molecule has 1 aliphatic rings. The molecule has 0 atom stereocenters. The summed E-state index contributed by atoms with van der Waals surface area (Å²) in [6, 6.07) is 6.62. The smallest absolute Gasteiger partial charge is 0.248 e. The van der Waals surface area contributed by atoms with E-state index in [9.17, 15) is 9.18 Å². The van der Waals surface area contributed by atoms with Crippen LogP contribution in [0.5, 0.6) is 0 Å². The third-order valence-corrected chi connectivity index (χ3v) is 3.69. The minimum absolute atomic E-state index is 0.0699. The van der Waals surface area contributed by atoms with Crippen LogP contribution in [0.15, 0.2) is 24.3 Å². The number of carbonyl (C=O) groups is 1. The van der Waals surface area contributed by atoms with Gasteiger partial charge in [0.25, 0.3) is 0 Å². The Bertz CT molecular complexity index is 450. The molecule has 1 aromatic rings. The van der Waals surface area contributed by atoms with E-state index < -0.39 is 0 Å². The maximum atomic E-state index is 12.9. The minimum atomic E-state index is -0.206. The first-order valence-corrected chi connectivity index (χ1v) is 7.51. The number of rotatable bonds is 5. The fraction of sp³-hybridized carbons (Fsp3) is 0.562. The van der Waals surface area contributed by atoms with Crippen LogP contribution >= 0.6 is 0 Å². The molecular weight excluding hydrogens is 271 g/mol. The first-order chi connectivity index (χ1) is 10.2. The Morgan fingerprint density at radius 2 is 1.95 bits per heavy atom. The van der Waals surface area contributed by atoms with Crippen molar-refractivity contribution >= 4 is 5.91 Å². The van der Waals surface area contributed by atoms with Gasteiger partial charge in [-0.05, 0) is 31.0 Å². The highest BCUT2D eigenvalue weighted by Gasteiger charge is 2.19. The summed E-state index contributed by atoms with van der Waals surface area (Å²) in [5, 5.41) is 0. The largest absolute Gasteiger partial charge is 0.372 e. The average Bonchev–Trinajstić information content (AvgIpc) is 2.73. The molecule has 5 heteroatoms. The van der Waals surface area contributed by atoms with Crippen LogP contribution in [0.3, 0.4) is 0 Å². The quantitative estimate of drug-likeness (QED) is 0.831. The molecule has 0 saturated carbocycles. The summed E-state index contributed by atoms with van der Waals surface area (Å²) in [6.07, 6.45) is 0.957. The zero-order valence-corrected chi connectivity index (χ0v) is 12.6. The third-order valence-electron chi connectivity index (χ3n) is 3.69. The van der Waals surface area contributed by atoms with Gasteiger partial charge in [0.05, 0.1) is 0 Å². The molecule has 0 aromatic heterocycles. The van der Waals surface area contributed by atoms with Crippen LogP contribution in [0.25, 0.3) is 0 Å². The normalized spacial score (nSPS) is 16.8. The van der Waals surface area contributed by atoms with E-state index in [1.807, 2.05) is 24.0 Å².